The summed E-state index contributed by atoms with van der Waals surface area (Å²) in [5.41, 5.74) is 5.19. The van der Waals surface area contributed by atoms with E-state index < -0.39 is 18.1 Å². The van der Waals surface area contributed by atoms with E-state index in [0.29, 0.717) is 76.3 Å². The number of carbonyl (C=O) groups excluding carboxylic acids is 1. The maximum atomic E-state index is 12.7. The molecule has 312 valence electrons. The van der Waals surface area contributed by atoms with E-state index in [1.54, 1.807) is 41.6 Å². The predicted molar refractivity (Wildman–Crippen MR) is 207 cm³/mol. The van der Waals surface area contributed by atoms with Gasteiger partial charge < -0.3 is 67.1 Å². The molecule has 59 heavy (non-hydrogen) atoms. The fraction of sp³-hybridized carbons (Fsp3) is 0.432. The minimum Gasteiger partial charge on any atom is -0.493 e. The van der Waals surface area contributed by atoms with E-state index in [-0.39, 0.29) is 55.8 Å². The highest BCUT2D eigenvalue weighted by Crippen LogP contribution is 2.57. The van der Waals surface area contributed by atoms with E-state index >= 15 is 0 Å². The van der Waals surface area contributed by atoms with E-state index in [0.717, 1.165) is 27.8 Å². The van der Waals surface area contributed by atoms with E-state index in [9.17, 15) is 15.0 Å². The molecule has 0 saturated carbocycles. The average Bonchev–Trinajstić information content (AvgIpc) is 4.10. The molecule has 0 spiro atoms. The van der Waals surface area contributed by atoms with Crippen LogP contribution in [0.4, 0.5) is 0 Å². The highest BCUT2D eigenvalue weighted by atomic mass is 16.7. The van der Waals surface area contributed by atoms with Crippen molar-refractivity contribution in [2.75, 3.05) is 76.1 Å². The molecule has 2 saturated heterocycles. The number of aliphatic hydroxyl groups is 2. The Labute approximate surface area is 340 Å². The number of esters is 1. The molecule has 4 aromatic carbocycles. The number of ether oxygens (including phenoxy) is 12. The number of rotatable bonds is 8. The minimum atomic E-state index is -0.843. The summed E-state index contributed by atoms with van der Waals surface area (Å²) in [6, 6.07) is 15.2. The number of hydrogen-bond donors (Lipinski definition) is 2. The molecule has 0 bridgehead atoms. The van der Waals surface area contributed by atoms with Crippen LogP contribution in [0.2, 0.25) is 0 Å². The van der Waals surface area contributed by atoms with Crippen LogP contribution in [0.15, 0.2) is 48.5 Å². The molecule has 15 nitrogen and oxygen atoms in total. The van der Waals surface area contributed by atoms with Gasteiger partial charge in [-0.25, -0.2) is 0 Å². The lowest BCUT2D eigenvalue weighted by Gasteiger charge is -2.38. The molecule has 15 heteroatoms. The minimum absolute atomic E-state index is 0.00645. The molecule has 10 rings (SSSR count). The summed E-state index contributed by atoms with van der Waals surface area (Å²) in [6.45, 7) is 1.59. The second-order valence-corrected chi connectivity index (χ2v) is 15.1. The molecular weight excluding hydrogens is 768 g/mol. The van der Waals surface area contributed by atoms with Crippen molar-refractivity contribution in [1.82, 2.24) is 0 Å². The van der Waals surface area contributed by atoms with Gasteiger partial charge in [0.05, 0.1) is 80.6 Å². The van der Waals surface area contributed by atoms with Crippen molar-refractivity contribution in [3.05, 3.63) is 81.9 Å². The fourth-order valence-corrected chi connectivity index (χ4v) is 9.74. The summed E-state index contributed by atoms with van der Waals surface area (Å²) in [5.74, 6) is 4.24. The second kappa shape index (κ2) is 15.4. The van der Waals surface area contributed by atoms with Crippen LogP contribution < -0.4 is 47.4 Å². The molecule has 8 atom stereocenters. The molecule has 2 aliphatic carbocycles. The lowest BCUT2D eigenvalue weighted by Crippen LogP contribution is -2.34. The molecule has 4 unspecified atom stereocenters. The van der Waals surface area contributed by atoms with Gasteiger partial charge in [-0.1, -0.05) is 0 Å². The molecule has 2 fully saturated rings. The molecule has 4 heterocycles. The molecular formula is C44H46O15. The first-order valence-electron chi connectivity index (χ1n) is 19.3. The Hall–Kier alpha value is -5.77. The summed E-state index contributed by atoms with van der Waals surface area (Å²) >= 11 is 0. The highest BCUT2D eigenvalue weighted by Gasteiger charge is 2.52. The number of methoxy groups -OCH3 is 6. The maximum Gasteiger partial charge on any atom is 0.310 e. The third kappa shape index (κ3) is 6.25. The summed E-state index contributed by atoms with van der Waals surface area (Å²) in [6.07, 6.45) is -1.45. The van der Waals surface area contributed by atoms with Gasteiger partial charge in [-0.05, 0) is 81.9 Å². The van der Waals surface area contributed by atoms with E-state index in [4.69, 9.17) is 56.8 Å². The van der Waals surface area contributed by atoms with Gasteiger partial charge in [0.1, 0.15) is 0 Å². The zero-order chi connectivity index (χ0) is 41.1. The molecule has 4 aromatic rings. The molecule has 6 aliphatic rings. The maximum absolute atomic E-state index is 12.7. The van der Waals surface area contributed by atoms with Crippen molar-refractivity contribution < 1.29 is 71.8 Å². The van der Waals surface area contributed by atoms with Crippen molar-refractivity contribution in [2.24, 2.45) is 23.7 Å². The normalized spacial score (nSPS) is 26.3. The zero-order valence-corrected chi connectivity index (χ0v) is 33.5. The van der Waals surface area contributed by atoms with Gasteiger partial charge in [0, 0.05) is 29.6 Å². The SMILES string of the molecule is COc1cc(C2c3cc4c(cc3C(O)[C@H]3COC(=O)[C@@H]23)OCO4)cc(OC)c1OC.COc1cc(C2c3cc4c(cc3C(O)[C@H]3COC[C@@H]23)OCO4)cc(OC)c1OC. The van der Waals surface area contributed by atoms with Gasteiger partial charge in [0.15, 0.2) is 46.0 Å². The van der Waals surface area contributed by atoms with Crippen LogP contribution in [0.5, 0.6) is 57.5 Å². The van der Waals surface area contributed by atoms with Crippen LogP contribution in [0.3, 0.4) is 0 Å². The van der Waals surface area contributed by atoms with Crippen LogP contribution in [0, 0.1) is 23.7 Å². The number of benzene rings is 4. The first-order valence-corrected chi connectivity index (χ1v) is 19.3. The Morgan fingerprint density at radius 2 is 0.881 bits per heavy atom. The number of carbonyl (C=O) groups is 1. The van der Waals surface area contributed by atoms with Crippen molar-refractivity contribution >= 4 is 5.97 Å². The Balaban J connectivity index is 0.000000152. The zero-order valence-electron chi connectivity index (χ0n) is 33.5. The van der Waals surface area contributed by atoms with Crippen LogP contribution >= 0.6 is 0 Å². The van der Waals surface area contributed by atoms with Crippen LogP contribution in [0.25, 0.3) is 0 Å². The molecule has 2 N–H and O–H groups in total. The van der Waals surface area contributed by atoms with E-state index in [1.165, 1.54) is 7.11 Å². The summed E-state index contributed by atoms with van der Waals surface area (Å²) in [5, 5.41) is 22.1. The molecule has 0 radical (unpaired) electrons. The van der Waals surface area contributed by atoms with E-state index in [1.807, 2.05) is 42.5 Å². The Bertz CT molecular complexity index is 2220. The summed E-state index contributed by atoms with van der Waals surface area (Å²) in [7, 11) is 9.44. The molecule has 0 amide bonds. The van der Waals surface area contributed by atoms with Gasteiger partial charge in [0.25, 0.3) is 0 Å². The van der Waals surface area contributed by atoms with Crippen molar-refractivity contribution in [2.45, 2.75) is 24.0 Å². The Kier molecular flexibility index (Phi) is 10.1. The van der Waals surface area contributed by atoms with Crippen molar-refractivity contribution in [1.29, 1.82) is 0 Å². The van der Waals surface area contributed by atoms with Gasteiger partial charge >= 0.3 is 5.97 Å². The standard InChI is InChI=1S/C22H22O8.C22H24O7/c1-25-16-4-10(5-17(26-2)21(16)27-3)18-11-6-14-15(30-9-29-14)7-12(11)20(23)13-8-28-22(24)19(13)18;1-24-18-4-11(5-19(25-2)22(18)26-3)20-12-6-16-17(29-10-28-16)7-13(12)21(23)15-9-27-8-14(15)20/h4-7,13,18-20,23H,8-9H2,1-3H3;4-7,14-15,20-21,23H,8-10H2,1-3H3/t13-,18?,19+,20?;14-,15+,20?,21?/m01/s1. The largest absolute Gasteiger partial charge is 0.493 e. The van der Waals surface area contributed by atoms with Gasteiger partial charge in [0.2, 0.25) is 25.1 Å². The Morgan fingerprint density at radius 1 is 0.475 bits per heavy atom. The first kappa shape index (κ1) is 38.7. The number of hydrogen-bond acceptors (Lipinski definition) is 15. The smallest absolute Gasteiger partial charge is 0.310 e. The highest BCUT2D eigenvalue weighted by molar-refractivity contribution is 5.79. The number of cyclic esters (lactones) is 1. The number of aliphatic hydroxyl groups excluding tert-OH is 2. The third-order valence-electron chi connectivity index (χ3n) is 12.5. The number of fused-ring (bicyclic) bond motifs is 6. The summed E-state index contributed by atoms with van der Waals surface area (Å²) < 4.78 is 66.5. The van der Waals surface area contributed by atoms with Crippen LogP contribution in [0.1, 0.15) is 57.4 Å². The monoisotopic (exact) mass is 814 g/mol. The van der Waals surface area contributed by atoms with Crippen molar-refractivity contribution in [3.8, 4) is 57.5 Å². The lowest BCUT2D eigenvalue weighted by molar-refractivity contribution is -0.141. The van der Waals surface area contributed by atoms with Gasteiger partial charge in [-0.2, -0.15) is 0 Å². The predicted octanol–water partition coefficient (Wildman–Crippen LogP) is 5.29. The third-order valence-corrected chi connectivity index (χ3v) is 12.5. The second-order valence-electron chi connectivity index (χ2n) is 15.1. The van der Waals surface area contributed by atoms with Gasteiger partial charge in [-0.15, -0.1) is 0 Å². The van der Waals surface area contributed by atoms with Crippen LogP contribution in [-0.2, 0) is 14.3 Å². The summed E-state index contributed by atoms with van der Waals surface area (Å²) in [4.78, 5) is 12.7. The topological polar surface area (TPSA) is 168 Å². The Morgan fingerprint density at radius 3 is 1.34 bits per heavy atom. The quantitative estimate of drug-likeness (QED) is 0.220. The van der Waals surface area contributed by atoms with Gasteiger partial charge in [-0.3, -0.25) is 4.79 Å². The van der Waals surface area contributed by atoms with E-state index in [2.05, 4.69) is 0 Å². The van der Waals surface area contributed by atoms with Crippen molar-refractivity contribution in [3.63, 3.8) is 0 Å². The fourth-order valence-electron chi connectivity index (χ4n) is 9.74. The molecule has 4 aliphatic heterocycles. The average molecular weight is 815 g/mol. The molecule has 0 aromatic heterocycles. The lowest BCUT2D eigenvalue weighted by atomic mass is 9.66. The van der Waals surface area contributed by atoms with Crippen LogP contribution in [-0.4, -0.2) is 92.2 Å². The first-order chi connectivity index (χ1) is 28.7.